The lowest BCUT2D eigenvalue weighted by molar-refractivity contribution is 0.0916. The molecular formula is C16H12BrNO2. The zero-order valence-corrected chi connectivity index (χ0v) is 12.2. The molecule has 0 saturated heterocycles. The average molecular weight is 330 g/mol. The molecular weight excluding hydrogens is 318 g/mol. The van der Waals surface area contributed by atoms with Crippen LogP contribution >= 0.6 is 15.9 Å². The molecule has 20 heavy (non-hydrogen) atoms. The van der Waals surface area contributed by atoms with Gasteiger partial charge in [-0.2, -0.15) is 0 Å². The van der Waals surface area contributed by atoms with E-state index in [0.717, 1.165) is 15.2 Å². The number of carbonyl (C=O) groups is 1. The first-order valence-corrected chi connectivity index (χ1v) is 7.01. The summed E-state index contributed by atoms with van der Waals surface area (Å²) in [6, 6.07) is 15.4. The number of halogens is 1. The average Bonchev–Trinajstić information content (AvgIpc) is 3.01. The number of carbonyl (C=O) groups excluding carboxylic acids is 1. The van der Waals surface area contributed by atoms with Gasteiger partial charge >= 0.3 is 0 Å². The Morgan fingerprint density at radius 3 is 2.75 bits per heavy atom. The molecule has 1 aromatic heterocycles. The Kier molecular flexibility index (Phi) is 3.56. The fraction of sp³-hybridized carbons (Fsp3) is 0.0625. The third-order valence-electron chi connectivity index (χ3n) is 3.08. The zero-order valence-electron chi connectivity index (χ0n) is 10.6. The van der Waals surface area contributed by atoms with Crippen LogP contribution in [-0.4, -0.2) is 17.4 Å². The van der Waals surface area contributed by atoms with E-state index in [2.05, 4.69) is 20.9 Å². The Morgan fingerprint density at radius 2 is 1.95 bits per heavy atom. The Bertz CT molecular complexity index is 750. The van der Waals surface area contributed by atoms with Gasteiger partial charge in [-0.05, 0) is 44.9 Å². The van der Waals surface area contributed by atoms with Gasteiger partial charge in [-0.3, -0.25) is 4.79 Å². The Labute approximate surface area is 124 Å². The minimum absolute atomic E-state index is 0.0114. The third kappa shape index (κ3) is 2.47. The molecule has 0 saturated carbocycles. The molecule has 0 aliphatic carbocycles. The van der Waals surface area contributed by atoms with Crippen molar-refractivity contribution in [2.75, 3.05) is 6.61 Å². The molecule has 3 rings (SSSR count). The molecule has 100 valence electrons. The number of nitrogens with one attached hydrogen (secondary N) is 1. The summed E-state index contributed by atoms with van der Waals surface area (Å²) in [5.74, 6) is 0.596. The quantitative estimate of drug-likeness (QED) is 0.729. The highest BCUT2D eigenvalue weighted by Crippen LogP contribution is 2.33. The van der Waals surface area contributed by atoms with Crippen molar-refractivity contribution in [3.8, 4) is 5.75 Å². The summed E-state index contributed by atoms with van der Waals surface area (Å²) in [4.78, 5) is 14.8. The van der Waals surface area contributed by atoms with E-state index in [1.807, 2.05) is 36.4 Å². The second-order valence-corrected chi connectivity index (χ2v) is 5.19. The van der Waals surface area contributed by atoms with Crippen molar-refractivity contribution in [3.05, 3.63) is 64.9 Å². The number of hydrogen-bond acceptors (Lipinski definition) is 2. The van der Waals surface area contributed by atoms with Crippen LogP contribution in [0.5, 0.6) is 5.75 Å². The van der Waals surface area contributed by atoms with E-state index in [4.69, 9.17) is 4.74 Å². The summed E-state index contributed by atoms with van der Waals surface area (Å²) in [5, 5.41) is 2.19. The van der Waals surface area contributed by atoms with Crippen LogP contribution in [0.15, 0.2) is 59.2 Å². The van der Waals surface area contributed by atoms with Crippen molar-refractivity contribution in [3.63, 3.8) is 0 Å². The predicted octanol–water partition coefficient (Wildman–Crippen LogP) is 4.19. The first-order chi connectivity index (χ1) is 9.75. The molecule has 0 radical (unpaired) electrons. The van der Waals surface area contributed by atoms with E-state index in [9.17, 15) is 4.79 Å². The van der Waals surface area contributed by atoms with E-state index < -0.39 is 0 Å². The van der Waals surface area contributed by atoms with Gasteiger partial charge in [0.2, 0.25) is 5.78 Å². The van der Waals surface area contributed by atoms with Gasteiger partial charge in [0.25, 0.3) is 0 Å². The van der Waals surface area contributed by atoms with Crippen LogP contribution in [0.2, 0.25) is 0 Å². The molecule has 3 nitrogen and oxygen atoms in total. The Hall–Kier alpha value is -2.07. The van der Waals surface area contributed by atoms with Crippen molar-refractivity contribution in [2.24, 2.45) is 0 Å². The molecule has 0 aliphatic heterocycles. The van der Waals surface area contributed by atoms with Gasteiger partial charge in [-0.25, -0.2) is 0 Å². The van der Waals surface area contributed by atoms with Crippen LogP contribution < -0.4 is 4.74 Å². The SMILES string of the molecule is O=C(COc1ccc2ccccc2c1Br)c1ccc[nH]1. The first-order valence-electron chi connectivity index (χ1n) is 6.22. The lowest BCUT2D eigenvalue weighted by Crippen LogP contribution is -2.12. The molecule has 0 aliphatic rings. The fourth-order valence-electron chi connectivity index (χ4n) is 2.05. The third-order valence-corrected chi connectivity index (χ3v) is 3.90. The van der Waals surface area contributed by atoms with Crippen LogP contribution in [-0.2, 0) is 0 Å². The minimum atomic E-state index is -0.0740. The Morgan fingerprint density at radius 1 is 1.10 bits per heavy atom. The Balaban J connectivity index is 1.81. The van der Waals surface area contributed by atoms with Crippen molar-refractivity contribution in [1.82, 2.24) is 4.98 Å². The predicted molar refractivity (Wildman–Crippen MR) is 82.3 cm³/mol. The topological polar surface area (TPSA) is 42.1 Å². The number of fused-ring (bicyclic) bond motifs is 1. The number of Topliss-reactive ketones (excluding diaryl/α,β-unsaturated/α-hetero) is 1. The number of rotatable bonds is 4. The van der Waals surface area contributed by atoms with Gasteiger partial charge in [0.05, 0.1) is 10.2 Å². The molecule has 0 atom stereocenters. The number of H-pyrrole nitrogens is 1. The molecule has 1 N–H and O–H groups in total. The zero-order chi connectivity index (χ0) is 13.9. The number of hydrogen-bond donors (Lipinski definition) is 1. The lowest BCUT2D eigenvalue weighted by Gasteiger charge is -2.09. The largest absolute Gasteiger partial charge is 0.484 e. The maximum atomic E-state index is 11.9. The molecule has 0 fully saturated rings. The van der Waals surface area contributed by atoms with Crippen molar-refractivity contribution < 1.29 is 9.53 Å². The number of ketones is 1. The lowest BCUT2D eigenvalue weighted by atomic mass is 10.1. The normalized spacial score (nSPS) is 10.7. The van der Waals surface area contributed by atoms with Gasteiger partial charge in [0.1, 0.15) is 5.75 Å². The molecule has 0 bridgehead atoms. The summed E-state index contributed by atoms with van der Waals surface area (Å²) >= 11 is 3.54. The monoisotopic (exact) mass is 329 g/mol. The highest BCUT2D eigenvalue weighted by molar-refractivity contribution is 9.10. The van der Waals surface area contributed by atoms with Gasteiger partial charge in [-0.15, -0.1) is 0 Å². The van der Waals surface area contributed by atoms with Crippen LogP contribution in [0.4, 0.5) is 0 Å². The summed E-state index contributed by atoms with van der Waals surface area (Å²) in [6.07, 6.45) is 1.72. The van der Waals surface area contributed by atoms with Gasteiger partial charge in [-0.1, -0.05) is 30.3 Å². The maximum Gasteiger partial charge on any atom is 0.216 e. The van der Waals surface area contributed by atoms with Crippen LogP contribution in [0, 0.1) is 0 Å². The standard InChI is InChI=1S/C16H12BrNO2/c17-16-12-5-2-1-4-11(12)7-8-15(16)20-10-14(19)13-6-3-9-18-13/h1-9,18H,10H2. The number of aromatic amines is 1. The molecule has 0 unspecified atom stereocenters. The van der Waals surface area contributed by atoms with Crippen LogP contribution in [0.25, 0.3) is 10.8 Å². The van der Waals surface area contributed by atoms with E-state index in [0.29, 0.717) is 11.4 Å². The summed E-state index contributed by atoms with van der Waals surface area (Å²) in [5.41, 5.74) is 0.557. The molecule has 4 heteroatoms. The van der Waals surface area contributed by atoms with E-state index in [1.165, 1.54) is 0 Å². The first kappa shape index (κ1) is 12.9. The van der Waals surface area contributed by atoms with Gasteiger partial charge in [0, 0.05) is 6.20 Å². The van der Waals surface area contributed by atoms with Gasteiger partial charge in [0.15, 0.2) is 6.61 Å². The van der Waals surface area contributed by atoms with Crippen molar-refractivity contribution >= 4 is 32.5 Å². The highest BCUT2D eigenvalue weighted by atomic mass is 79.9. The number of aromatic nitrogens is 1. The fourth-order valence-corrected chi connectivity index (χ4v) is 2.66. The number of benzene rings is 2. The van der Waals surface area contributed by atoms with Crippen LogP contribution in [0.1, 0.15) is 10.5 Å². The molecule has 0 spiro atoms. The smallest absolute Gasteiger partial charge is 0.216 e. The summed E-state index contributed by atoms with van der Waals surface area (Å²) in [7, 11) is 0. The molecule has 3 aromatic rings. The number of ether oxygens (including phenoxy) is 1. The van der Waals surface area contributed by atoms with E-state index >= 15 is 0 Å². The van der Waals surface area contributed by atoms with Crippen LogP contribution in [0.3, 0.4) is 0 Å². The van der Waals surface area contributed by atoms with Gasteiger partial charge < -0.3 is 9.72 Å². The van der Waals surface area contributed by atoms with Crippen molar-refractivity contribution in [1.29, 1.82) is 0 Å². The summed E-state index contributed by atoms with van der Waals surface area (Å²) in [6.45, 7) is 0.0114. The summed E-state index contributed by atoms with van der Waals surface area (Å²) < 4.78 is 6.48. The minimum Gasteiger partial charge on any atom is -0.484 e. The maximum absolute atomic E-state index is 11.9. The van der Waals surface area contributed by atoms with E-state index in [1.54, 1.807) is 18.3 Å². The molecule has 2 aromatic carbocycles. The van der Waals surface area contributed by atoms with E-state index in [-0.39, 0.29) is 12.4 Å². The highest BCUT2D eigenvalue weighted by Gasteiger charge is 2.10. The van der Waals surface area contributed by atoms with Crippen molar-refractivity contribution in [2.45, 2.75) is 0 Å². The second kappa shape index (κ2) is 5.51. The molecule has 0 amide bonds. The second-order valence-electron chi connectivity index (χ2n) is 4.39. The molecule has 1 heterocycles.